The van der Waals surface area contributed by atoms with Crippen molar-refractivity contribution in [3.8, 4) is 11.5 Å². The SMILES string of the molecule is COc1ccc(OCc2nnc(SCC(=O)Nc3ccc(Br)cc3)n2N)cc1. The number of nitrogen functional groups attached to an aromatic ring is 1. The first kappa shape index (κ1) is 20.0. The number of carbonyl (C=O) groups excluding carboxylic acids is 1. The smallest absolute Gasteiger partial charge is 0.234 e. The molecule has 0 atom stereocenters. The molecule has 0 aliphatic carbocycles. The predicted molar refractivity (Wildman–Crippen MR) is 111 cm³/mol. The van der Waals surface area contributed by atoms with Crippen LogP contribution in [0.3, 0.4) is 0 Å². The molecule has 28 heavy (non-hydrogen) atoms. The lowest BCUT2D eigenvalue weighted by Gasteiger charge is -2.07. The quantitative estimate of drug-likeness (QED) is 0.390. The minimum absolute atomic E-state index is 0.154. The lowest BCUT2D eigenvalue weighted by molar-refractivity contribution is -0.113. The average Bonchev–Trinajstić information content (AvgIpc) is 3.06. The number of amides is 1. The highest BCUT2D eigenvalue weighted by molar-refractivity contribution is 9.10. The van der Waals surface area contributed by atoms with Crippen LogP contribution in [0.5, 0.6) is 11.5 Å². The average molecular weight is 464 g/mol. The summed E-state index contributed by atoms with van der Waals surface area (Å²) in [6, 6.07) is 14.5. The summed E-state index contributed by atoms with van der Waals surface area (Å²) in [4.78, 5) is 12.1. The molecule has 0 spiro atoms. The van der Waals surface area contributed by atoms with E-state index in [1.807, 2.05) is 24.3 Å². The lowest BCUT2D eigenvalue weighted by atomic mass is 10.3. The Bertz CT molecular complexity index is 931. The van der Waals surface area contributed by atoms with Gasteiger partial charge in [0.05, 0.1) is 12.9 Å². The van der Waals surface area contributed by atoms with E-state index >= 15 is 0 Å². The zero-order chi connectivity index (χ0) is 19.9. The molecule has 3 aromatic rings. The fraction of sp³-hybridized carbons (Fsp3) is 0.167. The summed E-state index contributed by atoms with van der Waals surface area (Å²) in [5.41, 5.74) is 0.719. The van der Waals surface area contributed by atoms with Crippen LogP contribution in [0.2, 0.25) is 0 Å². The van der Waals surface area contributed by atoms with Gasteiger partial charge in [-0.15, -0.1) is 10.2 Å². The number of rotatable bonds is 8. The highest BCUT2D eigenvalue weighted by Crippen LogP contribution is 2.20. The fourth-order valence-corrected chi connectivity index (χ4v) is 3.12. The van der Waals surface area contributed by atoms with Crippen molar-refractivity contribution in [2.75, 3.05) is 24.0 Å². The maximum absolute atomic E-state index is 12.1. The van der Waals surface area contributed by atoms with E-state index < -0.39 is 0 Å². The molecule has 146 valence electrons. The van der Waals surface area contributed by atoms with Crippen LogP contribution >= 0.6 is 27.7 Å². The number of carbonyl (C=O) groups is 1. The third-order valence-corrected chi connectivity index (χ3v) is 5.09. The van der Waals surface area contributed by atoms with Crippen molar-refractivity contribution < 1.29 is 14.3 Å². The van der Waals surface area contributed by atoms with Gasteiger partial charge in [-0.1, -0.05) is 27.7 Å². The van der Waals surface area contributed by atoms with Crippen molar-refractivity contribution in [3.05, 3.63) is 58.8 Å². The lowest BCUT2D eigenvalue weighted by Crippen LogP contribution is -2.18. The molecule has 0 radical (unpaired) electrons. The molecular weight excluding hydrogens is 446 g/mol. The molecule has 0 aliphatic rings. The molecule has 3 rings (SSSR count). The number of nitrogens with zero attached hydrogens (tertiary/aromatic N) is 3. The number of nitrogens with one attached hydrogen (secondary N) is 1. The number of hydrogen-bond acceptors (Lipinski definition) is 7. The van der Waals surface area contributed by atoms with Crippen molar-refractivity contribution in [3.63, 3.8) is 0 Å². The number of thioether (sulfide) groups is 1. The third-order valence-electron chi connectivity index (χ3n) is 3.62. The maximum atomic E-state index is 12.1. The maximum Gasteiger partial charge on any atom is 0.234 e. The Morgan fingerprint density at radius 1 is 1.14 bits per heavy atom. The molecule has 0 fully saturated rings. The number of anilines is 1. The van der Waals surface area contributed by atoms with E-state index in [9.17, 15) is 4.79 Å². The van der Waals surface area contributed by atoms with Crippen LogP contribution in [0.15, 0.2) is 58.2 Å². The van der Waals surface area contributed by atoms with Crippen molar-refractivity contribution in [1.82, 2.24) is 14.9 Å². The first-order chi connectivity index (χ1) is 13.5. The minimum atomic E-state index is -0.161. The van der Waals surface area contributed by atoms with Gasteiger partial charge < -0.3 is 20.6 Å². The van der Waals surface area contributed by atoms with E-state index in [1.54, 1.807) is 31.4 Å². The number of halogens is 1. The van der Waals surface area contributed by atoms with Gasteiger partial charge in [0.25, 0.3) is 0 Å². The molecule has 3 N–H and O–H groups in total. The zero-order valence-corrected chi connectivity index (χ0v) is 17.4. The van der Waals surface area contributed by atoms with Crippen LogP contribution < -0.4 is 20.6 Å². The van der Waals surface area contributed by atoms with E-state index in [0.29, 0.717) is 16.7 Å². The van der Waals surface area contributed by atoms with Gasteiger partial charge in [-0.2, -0.15) is 0 Å². The highest BCUT2D eigenvalue weighted by atomic mass is 79.9. The third kappa shape index (κ3) is 5.40. The first-order valence-electron chi connectivity index (χ1n) is 8.19. The van der Waals surface area contributed by atoms with Gasteiger partial charge in [0, 0.05) is 10.2 Å². The van der Waals surface area contributed by atoms with Gasteiger partial charge in [-0.25, -0.2) is 4.68 Å². The van der Waals surface area contributed by atoms with Gasteiger partial charge in [0.15, 0.2) is 5.82 Å². The standard InChI is InChI=1S/C18H18BrN5O3S/c1-26-14-6-8-15(9-7-14)27-10-16-22-23-18(24(16)20)28-11-17(25)21-13-4-2-12(19)3-5-13/h2-9H,10-11,20H2,1H3,(H,21,25). The summed E-state index contributed by atoms with van der Waals surface area (Å²) in [5, 5.41) is 11.3. The topological polar surface area (TPSA) is 104 Å². The molecule has 10 heteroatoms. The molecule has 2 aromatic carbocycles. The van der Waals surface area contributed by atoms with Crippen molar-refractivity contribution in [1.29, 1.82) is 0 Å². The van der Waals surface area contributed by atoms with Gasteiger partial charge in [-0.05, 0) is 48.5 Å². The Labute approximate surface area is 174 Å². The Balaban J connectivity index is 1.50. The van der Waals surface area contributed by atoms with Crippen LogP contribution in [0, 0.1) is 0 Å². The van der Waals surface area contributed by atoms with Crippen LogP contribution in [-0.4, -0.2) is 33.6 Å². The van der Waals surface area contributed by atoms with Gasteiger partial charge in [0.1, 0.15) is 18.1 Å². The van der Waals surface area contributed by atoms with Crippen molar-refractivity contribution in [2.24, 2.45) is 0 Å². The number of hydrogen-bond donors (Lipinski definition) is 2. The van der Waals surface area contributed by atoms with E-state index in [0.717, 1.165) is 15.9 Å². The number of ether oxygens (including phenoxy) is 2. The summed E-state index contributed by atoms with van der Waals surface area (Å²) >= 11 is 4.55. The number of aromatic nitrogens is 3. The number of methoxy groups -OCH3 is 1. The Kier molecular flexibility index (Phi) is 6.77. The number of nitrogens with two attached hydrogens (primary N) is 1. The summed E-state index contributed by atoms with van der Waals surface area (Å²) < 4.78 is 13.0. The van der Waals surface area contributed by atoms with Crippen molar-refractivity contribution >= 4 is 39.3 Å². The Morgan fingerprint density at radius 3 is 2.50 bits per heavy atom. The monoisotopic (exact) mass is 463 g/mol. The fourth-order valence-electron chi connectivity index (χ4n) is 2.18. The molecule has 1 aromatic heterocycles. The Hall–Kier alpha value is -2.72. The van der Waals surface area contributed by atoms with Crippen LogP contribution in [0.1, 0.15) is 5.82 Å². The van der Waals surface area contributed by atoms with E-state index in [-0.39, 0.29) is 18.3 Å². The summed E-state index contributed by atoms with van der Waals surface area (Å²) in [7, 11) is 1.60. The predicted octanol–water partition coefficient (Wildman–Crippen LogP) is 3.07. The first-order valence-corrected chi connectivity index (χ1v) is 9.97. The molecule has 0 saturated carbocycles. The highest BCUT2D eigenvalue weighted by Gasteiger charge is 2.13. The molecule has 8 nitrogen and oxygen atoms in total. The van der Waals surface area contributed by atoms with E-state index in [2.05, 4.69) is 31.4 Å². The summed E-state index contributed by atoms with van der Waals surface area (Å²) in [5.74, 6) is 7.85. The second-order valence-electron chi connectivity index (χ2n) is 5.58. The molecule has 0 saturated heterocycles. The van der Waals surface area contributed by atoms with Crippen LogP contribution in [-0.2, 0) is 11.4 Å². The summed E-state index contributed by atoms with van der Waals surface area (Å²) in [6.45, 7) is 0.154. The van der Waals surface area contributed by atoms with E-state index in [1.165, 1.54) is 16.4 Å². The van der Waals surface area contributed by atoms with Crippen LogP contribution in [0.25, 0.3) is 0 Å². The van der Waals surface area contributed by atoms with Gasteiger partial charge in [-0.3, -0.25) is 4.79 Å². The molecule has 0 aliphatic heterocycles. The molecule has 1 amide bonds. The molecule has 1 heterocycles. The summed E-state index contributed by atoms with van der Waals surface area (Å²) in [6.07, 6.45) is 0. The molecular formula is C18H18BrN5O3S. The van der Waals surface area contributed by atoms with Crippen molar-refractivity contribution in [2.45, 2.75) is 11.8 Å². The molecule has 0 unspecified atom stereocenters. The second-order valence-corrected chi connectivity index (χ2v) is 7.43. The van der Waals surface area contributed by atoms with Crippen LogP contribution in [0.4, 0.5) is 5.69 Å². The minimum Gasteiger partial charge on any atom is -0.497 e. The molecule has 0 bridgehead atoms. The Morgan fingerprint density at radius 2 is 1.82 bits per heavy atom. The zero-order valence-electron chi connectivity index (χ0n) is 15.0. The normalized spacial score (nSPS) is 10.5. The second kappa shape index (κ2) is 9.47. The van der Waals surface area contributed by atoms with Gasteiger partial charge in [0.2, 0.25) is 11.1 Å². The van der Waals surface area contributed by atoms with Gasteiger partial charge >= 0.3 is 0 Å². The van der Waals surface area contributed by atoms with E-state index in [4.69, 9.17) is 15.3 Å². The largest absolute Gasteiger partial charge is 0.497 e. The number of benzene rings is 2.